The van der Waals surface area contributed by atoms with Crippen LogP contribution in [-0.2, 0) is 16.0 Å². The molecule has 96 valence electrons. The molecule has 0 amide bonds. The van der Waals surface area contributed by atoms with Gasteiger partial charge in [-0.1, -0.05) is 6.58 Å². The number of halogens is 3. The molecule has 0 bridgehead atoms. The van der Waals surface area contributed by atoms with Gasteiger partial charge in [-0.2, -0.15) is 18.3 Å². The van der Waals surface area contributed by atoms with E-state index in [0.717, 1.165) is 16.9 Å². The van der Waals surface area contributed by atoms with Crippen molar-refractivity contribution in [1.82, 2.24) is 14.6 Å². The molecule has 0 saturated heterocycles. The van der Waals surface area contributed by atoms with Gasteiger partial charge in [-0.25, -0.2) is 17.9 Å². The van der Waals surface area contributed by atoms with Gasteiger partial charge in [0.15, 0.2) is 10.7 Å². The van der Waals surface area contributed by atoms with Crippen LogP contribution < -0.4 is 0 Å². The molecule has 0 radical (unpaired) electrons. The average molecular weight is 277 g/mol. The Labute approximate surface area is 99.5 Å². The van der Waals surface area contributed by atoms with Gasteiger partial charge in [0, 0.05) is 17.8 Å². The summed E-state index contributed by atoms with van der Waals surface area (Å²) in [6.45, 7) is 3.09. The summed E-state index contributed by atoms with van der Waals surface area (Å²) in [4.78, 5) is 3.56. The van der Waals surface area contributed by atoms with Crippen LogP contribution in [0, 0.1) is 0 Å². The molecule has 0 unspecified atom stereocenters. The van der Waals surface area contributed by atoms with Crippen LogP contribution in [0.15, 0.2) is 35.5 Å². The van der Waals surface area contributed by atoms with Crippen molar-refractivity contribution in [1.29, 1.82) is 0 Å². The van der Waals surface area contributed by atoms with Gasteiger partial charge in [0.25, 0.3) is 0 Å². The quantitative estimate of drug-likeness (QED) is 0.837. The van der Waals surface area contributed by atoms with E-state index < -0.39 is 26.7 Å². The second-order valence-electron chi connectivity index (χ2n) is 3.30. The largest absolute Gasteiger partial charge is 0.435 e. The van der Waals surface area contributed by atoms with E-state index >= 15 is 0 Å². The summed E-state index contributed by atoms with van der Waals surface area (Å²) in [5.41, 5.74) is -1.43. The van der Waals surface area contributed by atoms with E-state index in [1.54, 1.807) is 0 Å². The van der Waals surface area contributed by atoms with Gasteiger partial charge >= 0.3 is 6.18 Å². The molecule has 2 aromatic rings. The summed E-state index contributed by atoms with van der Waals surface area (Å²) < 4.78 is 61.4. The Morgan fingerprint density at radius 2 is 2.06 bits per heavy atom. The summed E-state index contributed by atoms with van der Waals surface area (Å²) in [5.74, 6) is 0. The highest BCUT2D eigenvalue weighted by molar-refractivity contribution is 7.94. The molecule has 2 heterocycles. The molecule has 0 aliphatic carbocycles. The van der Waals surface area contributed by atoms with Gasteiger partial charge in [-0.3, -0.25) is 0 Å². The van der Waals surface area contributed by atoms with Crippen molar-refractivity contribution in [2.45, 2.75) is 11.2 Å². The molecule has 0 saturated carbocycles. The number of alkyl halides is 3. The molecule has 0 N–H and O–H groups in total. The maximum atomic E-state index is 12.5. The van der Waals surface area contributed by atoms with Crippen molar-refractivity contribution in [3.63, 3.8) is 0 Å². The van der Waals surface area contributed by atoms with Gasteiger partial charge in [0.05, 0.1) is 0 Å². The lowest BCUT2D eigenvalue weighted by atomic mass is 10.4. The Morgan fingerprint density at radius 1 is 1.39 bits per heavy atom. The Morgan fingerprint density at radius 3 is 2.61 bits per heavy atom. The minimum Gasteiger partial charge on any atom is -0.241 e. The van der Waals surface area contributed by atoms with Crippen LogP contribution in [0.5, 0.6) is 0 Å². The molecule has 0 spiro atoms. The smallest absolute Gasteiger partial charge is 0.241 e. The van der Waals surface area contributed by atoms with E-state index in [9.17, 15) is 21.6 Å². The molecule has 18 heavy (non-hydrogen) atoms. The minimum atomic E-state index is -4.65. The maximum Gasteiger partial charge on any atom is 0.435 e. The summed E-state index contributed by atoms with van der Waals surface area (Å²) in [6.07, 6.45) is -2.47. The summed E-state index contributed by atoms with van der Waals surface area (Å²) in [7, 11) is -3.93. The first-order valence-corrected chi connectivity index (χ1v) is 6.09. The molecule has 0 aromatic carbocycles. The molecular formula is C9H6F3N3O2S. The van der Waals surface area contributed by atoms with Crippen LogP contribution in [0.3, 0.4) is 0 Å². The monoisotopic (exact) mass is 277 g/mol. The molecule has 0 aliphatic heterocycles. The number of fused-ring (bicyclic) bond motifs is 1. The highest BCUT2D eigenvalue weighted by Crippen LogP contribution is 2.30. The fraction of sp³-hybridized carbons (Fsp3) is 0.111. The molecule has 0 aliphatic rings. The first-order chi connectivity index (χ1) is 8.25. The molecule has 0 fully saturated rings. The van der Waals surface area contributed by atoms with Gasteiger partial charge in [0.1, 0.15) is 5.52 Å². The zero-order chi connectivity index (χ0) is 13.6. The third-order valence-electron chi connectivity index (χ3n) is 2.13. The molecule has 9 heteroatoms. The molecular weight excluding hydrogens is 271 g/mol. The highest BCUT2D eigenvalue weighted by Gasteiger charge is 2.35. The third-order valence-corrected chi connectivity index (χ3v) is 3.43. The Hall–Kier alpha value is -1.90. The van der Waals surface area contributed by atoms with Crippen LogP contribution in [-0.4, -0.2) is 23.0 Å². The lowest BCUT2D eigenvalue weighted by Crippen LogP contribution is -2.05. The fourth-order valence-corrected chi connectivity index (χ4v) is 2.14. The number of hydrogen-bond acceptors (Lipinski definition) is 4. The minimum absolute atomic E-state index is 0.246. The molecule has 0 atom stereocenters. The normalized spacial score (nSPS) is 12.8. The highest BCUT2D eigenvalue weighted by atomic mass is 32.2. The number of nitrogens with zero attached hydrogens (tertiary/aromatic N) is 3. The van der Waals surface area contributed by atoms with Gasteiger partial charge < -0.3 is 0 Å². The van der Waals surface area contributed by atoms with Crippen molar-refractivity contribution in [3.05, 3.63) is 36.1 Å². The van der Waals surface area contributed by atoms with Crippen LogP contribution in [0.4, 0.5) is 13.2 Å². The first-order valence-electron chi connectivity index (χ1n) is 4.55. The van der Waals surface area contributed by atoms with Crippen LogP contribution >= 0.6 is 0 Å². The first kappa shape index (κ1) is 12.6. The zero-order valence-corrected chi connectivity index (χ0v) is 9.53. The van der Waals surface area contributed by atoms with E-state index in [-0.39, 0.29) is 5.52 Å². The van der Waals surface area contributed by atoms with E-state index in [1.165, 1.54) is 0 Å². The Balaban J connectivity index is 2.79. The summed E-state index contributed by atoms with van der Waals surface area (Å²) in [6, 6.07) is 0.628. The van der Waals surface area contributed by atoms with E-state index in [0.29, 0.717) is 11.5 Å². The average Bonchev–Trinajstić information content (AvgIpc) is 2.71. The van der Waals surface area contributed by atoms with Crippen molar-refractivity contribution in [3.8, 4) is 0 Å². The van der Waals surface area contributed by atoms with Crippen LogP contribution in [0.2, 0.25) is 0 Å². The topological polar surface area (TPSA) is 64.3 Å². The number of sulfone groups is 1. The van der Waals surface area contributed by atoms with Crippen molar-refractivity contribution in [2.75, 3.05) is 0 Å². The second-order valence-corrected chi connectivity index (χ2v) is 5.11. The van der Waals surface area contributed by atoms with Gasteiger partial charge in [0.2, 0.25) is 9.84 Å². The van der Waals surface area contributed by atoms with Crippen molar-refractivity contribution < 1.29 is 21.6 Å². The Kier molecular flexibility index (Phi) is 2.65. The van der Waals surface area contributed by atoms with Crippen molar-refractivity contribution >= 4 is 15.4 Å². The Bertz CT molecular complexity index is 718. The molecule has 2 aromatic heterocycles. The maximum absolute atomic E-state index is 12.5. The number of rotatable bonds is 2. The second kappa shape index (κ2) is 3.80. The molecule has 5 nitrogen and oxygen atoms in total. The van der Waals surface area contributed by atoms with E-state index in [2.05, 4.69) is 16.7 Å². The molecule has 2 rings (SSSR count). The standard InChI is InChI=1S/C9H6F3N3O2S/c1-2-18(16,17)8-6-5-7(9(10,11)12)14-15(6)4-3-13-8/h2-5H,1H2. The van der Waals surface area contributed by atoms with Gasteiger partial charge in [-0.05, 0) is 6.07 Å². The lowest BCUT2D eigenvalue weighted by molar-refractivity contribution is -0.141. The SMILES string of the molecule is C=CS(=O)(=O)c1nccn2nc(C(F)(F)F)cc12. The summed E-state index contributed by atoms with van der Waals surface area (Å²) in [5, 5.41) is 3.35. The lowest BCUT2D eigenvalue weighted by Gasteiger charge is -1.99. The van der Waals surface area contributed by atoms with E-state index in [4.69, 9.17) is 0 Å². The predicted octanol–water partition coefficient (Wildman–Crippen LogP) is 1.67. The third kappa shape index (κ3) is 1.96. The fourth-order valence-electron chi connectivity index (χ4n) is 1.33. The van der Waals surface area contributed by atoms with Crippen molar-refractivity contribution in [2.24, 2.45) is 0 Å². The van der Waals surface area contributed by atoms with Crippen LogP contribution in [0.1, 0.15) is 5.69 Å². The predicted molar refractivity (Wildman–Crippen MR) is 55.4 cm³/mol. The number of hydrogen-bond donors (Lipinski definition) is 0. The summed E-state index contributed by atoms with van der Waals surface area (Å²) >= 11 is 0. The zero-order valence-electron chi connectivity index (χ0n) is 8.72. The van der Waals surface area contributed by atoms with E-state index in [1.807, 2.05) is 0 Å². The van der Waals surface area contributed by atoms with Gasteiger partial charge in [-0.15, -0.1) is 0 Å². The van der Waals surface area contributed by atoms with Crippen LogP contribution in [0.25, 0.3) is 5.52 Å². The number of aromatic nitrogens is 3.